The number of carbonyl (C=O) groups excluding carboxylic acids is 4. The number of nitrogens with one attached hydrogen (secondary N) is 5. The lowest BCUT2D eigenvalue weighted by molar-refractivity contribution is -0.384. The minimum atomic E-state index is -1.15. The molecule has 2 aliphatic rings. The van der Waals surface area contributed by atoms with Gasteiger partial charge in [0.2, 0.25) is 23.6 Å². The number of ether oxygens (including phenoxy) is 1. The van der Waals surface area contributed by atoms with E-state index in [0.717, 1.165) is 37.7 Å². The van der Waals surface area contributed by atoms with E-state index in [1.54, 1.807) is 6.20 Å². The van der Waals surface area contributed by atoms with Crippen molar-refractivity contribution in [2.24, 2.45) is 11.8 Å². The number of aromatic amines is 1. The molecule has 2 heterocycles. The molecule has 6 N–H and O–H groups in total. The van der Waals surface area contributed by atoms with Crippen molar-refractivity contribution in [1.29, 1.82) is 0 Å². The van der Waals surface area contributed by atoms with E-state index in [0.29, 0.717) is 30.0 Å². The predicted molar refractivity (Wildman–Crippen MR) is 204 cm³/mol. The topological polar surface area (TPSA) is 218 Å². The van der Waals surface area contributed by atoms with E-state index < -0.39 is 52.8 Å². The van der Waals surface area contributed by atoms with Gasteiger partial charge >= 0.3 is 0 Å². The summed E-state index contributed by atoms with van der Waals surface area (Å²) in [5.41, 5.74) is 1.79. The van der Waals surface area contributed by atoms with Crippen LogP contribution in [0.4, 0.5) is 5.69 Å². The number of nitro groups is 1. The number of nitrogens with zero attached hydrogens (tertiary/aromatic N) is 2. The third-order valence-electron chi connectivity index (χ3n) is 10.3. The second-order valence-electron chi connectivity index (χ2n) is 15.2. The van der Waals surface area contributed by atoms with Crippen LogP contribution in [0.15, 0.2) is 61.1 Å². The maximum Gasteiger partial charge on any atom is 0.269 e. The molecule has 0 radical (unpaired) electrons. The maximum absolute atomic E-state index is 14.2. The fourth-order valence-corrected chi connectivity index (χ4v) is 7.28. The summed E-state index contributed by atoms with van der Waals surface area (Å²) in [6, 6.07) is 10.4. The minimum Gasteiger partial charge on any atom is -0.493 e. The van der Waals surface area contributed by atoms with Crippen LogP contribution in [0.1, 0.15) is 88.0 Å². The molecule has 3 aromatic rings. The number of aliphatic hydroxyl groups is 1. The quantitative estimate of drug-likeness (QED) is 0.0776. The number of imidazole rings is 1. The van der Waals surface area contributed by atoms with Crippen LogP contribution >= 0.6 is 0 Å². The summed E-state index contributed by atoms with van der Waals surface area (Å²) in [5.74, 6) is -1.42. The Hall–Kier alpha value is -5.31. The first kappa shape index (κ1) is 40.9. The Morgan fingerprint density at radius 3 is 2.38 bits per heavy atom. The first-order chi connectivity index (χ1) is 26.4. The van der Waals surface area contributed by atoms with E-state index in [2.05, 4.69) is 31.2 Å². The summed E-state index contributed by atoms with van der Waals surface area (Å²) < 4.78 is 5.69. The van der Waals surface area contributed by atoms with Gasteiger partial charge in [0.25, 0.3) is 5.69 Å². The van der Waals surface area contributed by atoms with Gasteiger partial charge in [0.05, 0.1) is 36.4 Å². The molecule has 0 bridgehead atoms. The highest BCUT2D eigenvalue weighted by Crippen LogP contribution is 2.38. The van der Waals surface area contributed by atoms with Crippen molar-refractivity contribution in [3.05, 3.63) is 88.0 Å². The van der Waals surface area contributed by atoms with Crippen LogP contribution in [-0.4, -0.2) is 81.0 Å². The number of rotatable bonds is 19. The number of carbonyl (C=O) groups is 4. The van der Waals surface area contributed by atoms with Crippen LogP contribution in [0, 0.1) is 22.0 Å². The first-order valence-corrected chi connectivity index (χ1v) is 19.2. The summed E-state index contributed by atoms with van der Waals surface area (Å²) in [5, 5.41) is 34.3. The smallest absolute Gasteiger partial charge is 0.269 e. The minimum absolute atomic E-state index is 0.0413. The van der Waals surface area contributed by atoms with Gasteiger partial charge in [-0.15, -0.1) is 0 Å². The van der Waals surface area contributed by atoms with Crippen molar-refractivity contribution in [3.63, 3.8) is 0 Å². The molecule has 1 fully saturated rings. The van der Waals surface area contributed by atoms with Gasteiger partial charge in [-0.05, 0) is 29.9 Å². The number of nitro benzene ring substituents is 1. The number of hydrogen-bond donors (Lipinski definition) is 6. The van der Waals surface area contributed by atoms with Gasteiger partial charge in [0, 0.05) is 61.3 Å². The van der Waals surface area contributed by atoms with E-state index in [9.17, 15) is 34.4 Å². The van der Waals surface area contributed by atoms with Crippen molar-refractivity contribution >= 4 is 29.3 Å². The molecule has 1 aliphatic heterocycles. The molecule has 0 spiro atoms. The number of fused-ring (bicyclic) bond motifs is 1. The number of hydrogen-bond acceptors (Lipinski definition) is 9. The molecule has 4 amide bonds. The summed E-state index contributed by atoms with van der Waals surface area (Å²) in [7, 11) is 0. The monoisotopic (exact) mass is 759 g/mol. The largest absolute Gasteiger partial charge is 0.493 e. The van der Waals surface area contributed by atoms with Gasteiger partial charge in [-0.25, -0.2) is 4.98 Å². The van der Waals surface area contributed by atoms with Crippen LogP contribution in [0.3, 0.4) is 0 Å². The lowest BCUT2D eigenvalue weighted by Gasteiger charge is -2.31. The summed E-state index contributed by atoms with van der Waals surface area (Å²) >= 11 is 0. The second kappa shape index (κ2) is 19.9. The zero-order valence-corrected chi connectivity index (χ0v) is 31.5. The lowest BCUT2D eigenvalue weighted by atomic mass is 9.83. The summed E-state index contributed by atoms with van der Waals surface area (Å²) in [4.78, 5) is 72.6. The molecule has 15 heteroatoms. The molecule has 2 aromatic carbocycles. The molecule has 1 aliphatic carbocycles. The first-order valence-electron chi connectivity index (χ1n) is 19.2. The maximum atomic E-state index is 14.2. The van der Waals surface area contributed by atoms with E-state index in [1.807, 2.05) is 44.2 Å². The Balaban J connectivity index is 1.33. The number of benzene rings is 2. The highest BCUT2D eigenvalue weighted by atomic mass is 16.6. The van der Waals surface area contributed by atoms with Crippen molar-refractivity contribution in [2.75, 3.05) is 13.2 Å². The van der Waals surface area contributed by atoms with Gasteiger partial charge < -0.3 is 36.1 Å². The lowest BCUT2D eigenvalue weighted by Crippen LogP contribution is -2.57. The Morgan fingerprint density at radius 2 is 1.69 bits per heavy atom. The molecule has 15 nitrogen and oxygen atoms in total. The van der Waals surface area contributed by atoms with Gasteiger partial charge in [0.1, 0.15) is 17.8 Å². The zero-order valence-electron chi connectivity index (χ0n) is 31.5. The Morgan fingerprint density at radius 1 is 0.964 bits per heavy atom. The van der Waals surface area contributed by atoms with E-state index >= 15 is 0 Å². The molecule has 1 aromatic heterocycles. The van der Waals surface area contributed by atoms with Gasteiger partial charge in [-0.2, -0.15) is 0 Å². The summed E-state index contributed by atoms with van der Waals surface area (Å²) in [6.07, 6.45) is 7.42. The number of H-pyrrole nitrogens is 1. The van der Waals surface area contributed by atoms with E-state index in [4.69, 9.17) is 4.74 Å². The number of aromatic nitrogens is 2. The average Bonchev–Trinajstić information content (AvgIpc) is 3.83. The fourth-order valence-electron chi connectivity index (χ4n) is 7.28. The van der Waals surface area contributed by atoms with E-state index in [-0.39, 0.29) is 55.7 Å². The molecule has 296 valence electrons. The predicted octanol–water partition coefficient (Wildman–Crippen LogP) is 3.62. The normalized spacial score (nSPS) is 17.6. The summed E-state index contributed by atoms with van der Waals surface area (Å²) in [6.45, 7) is 4.58. The van der Waals surface area contributed by atoms with Gasteiger partial charge in [-0.3, -0.25) is 29.3 Å². The molecular weight excluding hydrogens is 706 g/mol. The molecule has 55 heavy (non-hydrogen) atoms. The average molecular weight is 760 g/mol. The highest BCUT2D eigenvalue weighted by Gasteiger charge is 2.34. The Kier molecular flexibility index (Phi) is 14.7. The van der Waals surface area contributed by atoms with Gasteiger partial charge in [0.15, 0.2) is 0 Å². The zero-order chi connectivity index (χ0) is 39.3. The second-order valence-corrected chi connectivity index (χ2v) is 15.2. The van der Waals surface area contributed by atoms with Gasteiger partial charge in [-0.1, -0.05) is 76.3 Å². The molecule has 5 atom stereocenters. The number of non-ortho nitro benzene ring substituents is 1. The third-order valence-corrected chi connectivity index (χ3v) is 10.3. The standard InChI is InChI=1S/C40H53N7O8/c1-25(2)21-42-37(49)20-35(48)32(15-26-9-5-3-6-10-26)45-40(52)34(18-29-22-41-24-43-29)46-39(51)33(16-27-11-7-4-8-12-27)44-38(50)17-28-23-55-36-14-13-30(47(53)54)19-31(28)36/h4,7-8,11-14,19,22,24-26,28,32-35,48H,3,5-6,9-10,15-18,20-21,23H2,1-2H3,(H,41,43)(H,42,49)(H,44,50)(H,45,52)(H,46,51)/t28?,32-,33-,34-,35?/m0/s1. The number of aliphatic hydroxyl groups excluding tert-OH is 1. The molecular formula is C40H53N7O8. The molecule has 2 unspecified atom stereocenters. The van der Waals surface area contributed by atoms with Crippen LogP contribution in [0.25, 0.3) is 0 Å². The van der Waals surface area contributed by atoms with Crippen molar-refractivity contribution in [3.8, 4) is 5.75 Å². The van der Waals surface area contributed by atoms with Crippen molar-refractivity contribution in [2.45, 2.75) is 108 Å². The third kappa shape index (κ3) is 12.4. The number of amides is 4. The molecule has 1 saturated carbocycles. The molecule has 0 saturated heterocycles. The van der Waals surface area contributed by atoms with Crippen LogP contribution < -0.4 is 26.0 Å². The molecule has 5 rings (SSSR count). The van der Waals surface area contributed by atoms with Crippen LogP contribution in [0.2, 0.25) is 0 Å². The Bertz CT molecular complexity index is 1750. The fraction of sp³-hybridized carbons (Fsp3) is 0.525. The van der Waals surface area contributed by atoms with E-state index in [1.165, 1.54) is 24.5 Å². The SMILES string of the molecule is CC(C)CNC(=O)CC(O)[C@H](CC1CCCCC1)NC(=O)[C@H](Cc1cnc[nH]1)NC(=O)[C@H](Cc1ccccc1)NC(=O)CC1COc2ccc([N+](=O)[O-])cc21. The highest BCUT2D eigenvalue weighted by molar-refractivity contribution is 5.92. The Labute approximate surface area is 320 Å². The van der Waals surface area contributed by atoms with Crippen molar-refractivity contribution in [1.82, 2.24) is 31.2 Å². The van der Waals surface area contributed by atoms with Crippen molar-refractivity contribution < 1.29 is 33.9 Å². The van der Waals surface area contributed by atoms with Crippen LogP contribution in [-0.2, 0) is 32.0 Å². The van der Waals surface area contributed by atoms with Crippen LogP contribution in [0.5, 0.6) is 5.75 Å².